The molecule has 0 aromatic heterocycles. The van der Waals surface area contributed by atoms with Gasteiger partial charge in [-0.25, -0.2) is 0 Å². The molecule has 0 saturated carbocycles. The highest BCUT2D eigenvalue weighted by atomic mass is 32.2. The van der Waals surface area contributed by atoms with Gasteiger partial charge in [0, 0.05) is 50.4 Å². The Morgan fingerprint density at radius 1 is 0.897 bits per heavy atom. The Morgan fingerprint density at radius 2 is 1.38 bits per heavy atom. The average molecular weight is 432 g/mol. The maximum Gasteiger partial charge on any atom is 0.253 e. The van der Waals surface area contributed by atoms with E-state index in [1.807, 2.05) is 20.1 Å². The number of nitrogens with zero attached hydrogens (tertiary/aromatic N) is 1. The van der Waals surface area contributed by atoms with Crippen LogP contribution < -0.4 is 10.6 Å². The minimum atomic E-state index is -0.393. The van der Waals surface area contributed by atoms with E-state index >= 15 is 0 Å². The van der Waals surface area contributed by atoms with Crippen molar-refractivity contribution in [1.29, 1.82) is 0 Å². The Kier molecular flexibility index (Phi) is 16.9. The lowest BCUT2D eigenvalue weighted by molar-refractivity contribution is -0.137. The van der Waals surface area contributed by atoms with E-state index in [0.29, 0.717) is 45.9 Å². The Labute approximate surface area is 176 Å². The molecule has 0 fully saturated rings. The van der Waals surface area contributed by atoms with Crippen LogP contribution >= 0.6 is 11.8 Å². The van der Waals surface area contributed by atoms with Crippen LogP contribution in [0.4, 0.5) is 0 Å². The van der Waals surface area contributed by atoms with Gasteiger partial charge in [-0.05, 0) is 6.26 Å². The van der Waals surface area contributed by atoms with E-state index in [0.717, 1.165) is 10.7 Å². The molecule has 0 unspecified atom stereocenters. The first-order valence-corrected chi connectivity index (χ1v) is 11.2. The van der Waals surface area contributed by atoms with Gasteiger partial charge in [0.25, 0.3) is 11.8 Å². The second-order valence-corrected chi connectivity index (χ2v) is 6.56. The monoisotopic (exact) mass is 431 g/mol. The van der Waals surface area contributed by atoms with Crippen molar-refractivity contribution in [1.82, 2.24) is 15.5 Å². The molecule has 10 heteroatoms. The molecular formula is C19H33N3O6S. The van der Waals surface area contributed by atoms with Crippen LogP contribution in [-0.2, 0) is 28.7 Å². The van der Waals surface area contributed by atoms with Crippen LogP contribution in [-0.4, -0.2) is 86.6 Å². The molecule has 0 aromatic carbocycles. The Hall–Kier alpha value is -1.91. The molecule has 0 bridgehead atoms. The van der Waals surface area contributed by atoms with Gasteiger partial charge in [0.2, 0.25) is 11.8 Å². The minimum Gasteiger partial charge on any atom is -0.377 e. The number of carbonyl (C=O) groups is 4. The van der Waals surface area contributed by atoms with E-state index in [9.17, 15) is 19.2 Å². The summed E-state index contributed by atoms with van der Waals surface area (Å²) in [5.74, 6) is -0.205. The van der Waals surface area contributed by atoms with Gasteiger partial charge in [0.15, 0.2) is 0 Å². The summed E-state index contributed by atoms with van der Waals surface area (Å²) in [6, 6.07) is 0. The smallest absolute Gasteiger partial charge is 0.253 e. The number of thioether (sulfide) groups is 1. The minimum absolute atomic E-state index is 0.0228. The van der Waals surface area contributed by atoms with E-state index in [-0.39, 0.29) is 24.8 Å². The third-order valence-electron chi connectivity index (χ3n) is 3.51. The molecule has 2 N–H and O–H groups in total. The summed E-state index contributed by atoms with van der Waals surface area (Å²) in [7, 11) is 0. The molecule has 166 valence electrons. The summed E-state index contributed by atoms with van der Waals surface area (Å²) in [6.07, 6.45) is 4.91. The Morgan fingerprint density at radius 3 is 1.86 bits per heavy atom. The highest BCUT2D eigenvalue weighted by Crippen LogP contribution is 2.03. The first-order chi connectivity index (χ1) is 14.0. The SMILES string of the molecule is CC.CSCCC(=O)NCCOCCOCCNC(=O)CCN1C(=O)C=CC1=O. The Balaban J connectivity index is 0.00000379. The highest BCUT2D eigenvalue weighted by Gasteiger charge is 2.23. The maximum atomic E-state index is 11.6. The van der Waals surface area contributed by atoms with Gasteiger partial charge in [-0.1, -0.05) is 13.8 Å². The standard InChI is InChI=1S/C17H27N3O6S.C2H6/c1-27-13-5-15(22)19-7-10-26-12-11-25-9-6-18-14(21)4-8-20-16(23)2-3-17(20)24;1-2/h2-3H,4-13H2,1H3,(H,18,21)(H,19,22);1-2H3. The fourth-order valence-electron chi connectivity index (χ4n) is 2.08. The lowest BCUT2D eigenvalue weighted by atomic mass is 10.3. The van der Waals surface area contributed by atoms with Crippen molar-refractivity contribution in [2.45, 2.75) is 26.7 Å². The number of rotatable bonds is 15. The molecule has 4 amide bonds. The fourth-order valence-corrected chi connectivity index (χ4v) is 2.47. The van der Waals surface area contributed by atoms with Crippen molar-refractivity contribution in [3.8, 4) is 0 Å². The first kappa shape index (κ1) is 27.1. The van der Waals surface area contributed by atoms with Crippen LogP contribution in [0, 0.1) is 0 Å². The first-order valence-electron chi connectivity index (χ1n) is 9.76. The van der Waals surface area contributed by atoms with Gasteiger partial charge in [-0.2, -0.15) is 11.8 Å². The van der Waals surface area contributed by atoms with Crippen LogP contribution in [0.25, 0.3) is 0 Å². The summed E-state index contributed by atoms with van der Waals surface area (Å²) in [5.41, 5.74) is 0. The number of hydrogen-bond donors (Lipinski definition) is 2. The molecule has 1 heterocycles. The van der Waals surface area contributed by atoms with Gasteiger partial charge >= 0.3 is 0 Å². The summed E-state index contributed by atoms with van der Waals surface area (Å²) in [6.45, 7) is 6.43. The number of ether oxygens (including phenoxy) is 2. The Bertz CT molecular complexity index is 524. The van der Waals surface area contributed by atoms with E-state index in [1.54, 1.807) is 11.8 Å². The molecule has 29 heavy (non-hydrogen) atoms. The van der Waals surface area contributed by atoms with Gasteiger partial charge in [-0.15, -0.1) is 0 Å². The van der Waals surface area contributed by atoms with Crippen molar-refractivity contribution in [2.24, 2.45) is 0 Å². The fraction of sp³-hybridized carbons (Fsp3) is 0.684. The average Bonchev–Trinajstić information content (AvgIpc) is 3.05. The molecule has 0 atom stereocenters. The maximum absolute atomic E-state index is 11.6. The largest absolute Gasteiger partial charge is 0.377 e. The second kappa shape index (κ2) is 18.1. The summed E-state index contributed by atoms with van der Waals surface area (Å²) >= 11 is 1.63. The summed E-state index contributed by atoms with van der Waals surface area (Å²) in [5, 5.41) is 5.42. The molecule has 0 aromatic rings. The van der Waals surface area contributed by atoms with Crippen LogP contribution in [0.15, 0.2) is 12.2 Å². The van der Waals surface area contributed by atoms with Crippen LogP contribution in [0.1, 0.15) is 26.7 Å². The molecule has 0 saturated heterocycles. The van der Waals surface area contributed by atoms with Crippen molar-refractivity contribution in [3.05, 3.63) is 12.2 Å². The van der Waals surface area contributed by atoms with Gasteiger partial charge in [0.1, 0.15) is 0 Å². The molecule has 1 aliphatic heterocycles. The van der Waals surface area contributed by atoms with E-state index < -0.39 is 11.8 Å². The number of amides is 4. The molecule has 1 rings (SSSR count). The number of carbonyl (C=O) groups excluding carboxylic acids is 4. The highest BCUT2D eigenvalue weighted by molar-refractivity contribution is 7.98. The molecule has 1 aliphatic rings. The normalized spacial score (nSPS) is 12.6. The molecule has 0 aliphatic carbocycles. The van der Waals surface area contributed by atoms with Crippen molar-refractivity contribution < 1.29 is 28.7 Å². The van der Waals surface area contributed by atoms with Gasteiger partial charge in [-0.3, -0.25) is 24.1 Å². The van der Waals surface area contributed by atoms with Crippen molar-refractivity contribution in [3.63, 3.8) is 0 Å². The quantitative estimate of drug-likeness (QED) is 0.284. The van der Waals surface area contributed by atoms with Crippen LogP contribution in [0.5, 0.6) is 0 Å². The van der Waals surface area contributed by atoms with Crippen molar-refractivity contribution >= 4 is 35.4 Å². The number of hydrogen-bond acceptors (Lipinski definition) is 7. The van der Waals surface area contributed by atoms with Gasteiger partial charge in [0.05, 0.1) is 26.4 Å². The molecule has 0 spiro atoms. The molecular weight excluding hydrogens is 398 g/mol. The van der Waals surface area contributed by atoms with Gasteiger partial charge < -0.3 is 20.1 Å². The summed E-state index contributed by atoms with van der Waals surface area (Å²) in [4.78, 5) is 46.7. The van der Waals surface area contributed by atoms with E-state index in [1.165, 1.54) is 12.2 Å². The second-order valence-electron chi connectivity index (χ2n) is 5.58. The third kappa shape index (κ3) is 13.8. The topological polar surface area (TPSA) is 114 Å². The third-order valence-corrected chi connectivity index (χ3v) is 4.12. The van der Waals surface area contributed by atoms with E-state index in [2.05, 4.69) is 10.6 Å². The lowest BCUT2D eigenvalue weighted by Gasteiger charge is -2.13. The zero-order chi connectivity index (χ0) is 21.9. The van der Waals surface area contributed by atoms with E-state index in [4.69, 9.17) is 9.47 Å². The number of imide groups is 1. The predicted octanol–water partition coefficient (Wildman–Crippen LogP) is 0.346. The number of nitrogens with one attached hydrogen (secondary N) is 2. The molecule has 0 radical (unpaired) electrons. The van der Waals surface area contributed by atoms with Crippen molar-refractivity contribution in [2.75, 3.05) is 58.1 Å². The zero-order valence-electron chi connectivity index (χ0n) is 17.5. The predicted molar refractivity (Wildman–Crippen MR) is 112 cm³/mol. The van der Waals surface area contributed by atoms with Crippen LogP contribution in [0.2, 0.25) is 0 Å². The zero-order valence-corrected chi connectivity index (χ0v) is 18.3. The molecule has 9 nitrogen and oxygen atoms in total. The summed E-state index contributed by atoms with van der Waals surface area (Å²) < 4.78 is 10.6. The lowest BCUT2D eigenvalue weighted by Crippen LogP contribution is -2.35. The van der Waals surface area contributed by atoms with Crippen LogP contribution in [0.3, 0.4) is 0 Å².